The number of halogens is 1. The summed E-state index contributed by atoms with van der Waals surface area (Å²) >= 11 is 5.80. The average Bonchev–Trinajstić information content (AvgIpc) is 2.72. The summed E-state index contributed by atoms with van der Waals surface area (Å²) in [6.07, 6.45) is 0. The van der Waals surface area contributed by atoms with Gasteiger partial charge in [-0.3, -0.25) is 0 Å². The summed E-state index contributed by atoms with van der Waals surface area (Å²) in [6, 6.07) is 7.05. The number of hydrogen-bond acceptors (Lipinski definition) is 4. The first kappa shape index (κ1) is 12.4. The van der Waals surface area contributed by atoms with Gasteiger partial charge < -0.3 is 15.5 Å². The fourth-order valence-corrected chi connectivity index (χ4v) is 1.62. The van der Waals surface area contributed by atoms with Gasteiger partial charge in [-0.15, -0.1) is 0 Å². The lowest BCUT2D eigenvalue weighted by Crippen LogP contribution is -2.07. The van der Waals surface area contributed by atoms with Crippen molar-refractivity contribution >= 4 is 23.4 Å². The molecule has 0 saturated carbocycles. The topological polar surface area (TPSA) is 81.0 Å². The highest BCUT2D eigenvalue weighted by atomic mass is 35.5. The number of rotatable bonds is 3. The zero-order chi connectivity index (χ0) is 13.1. The molecule has 0 bridgehead atoms. The number of anilines is 1. The number of nitrogens with two attached hydrogens (primary N) is 1. The number of hydrogen-bond donors (Lipinski definition) is 2. The molecule has 1 aromatic heterocycles. The molecule has 0 aliphatic rings. The van der Waals surface area contributed by atoms with Crippen LogP contribution in [0.5, 0.6) is 0 Å². The van der Waals surface area contributed by atoms with Crippen molar-refractivity contribution in [3.63, 3.8) is 0 Å². The minimum Gasteiger partial charge on any atom is -0.461 e. The van der Waals surface area contributed by atoms with Crippen LogP contribution in [0.3, 0.4) is 0 Å². The van der Waals surface area contributed by atoms with Crippen LogP contribution in [0.25, 0.3) is 11.4 Å². The second kappa shape index (κ2) is 5.10. The molecule has 2 aromatic rings. The molecule has 0 amide bonds. The molecule has 2 rings (SSSR count). The molecule has 0 atom stereocenters. The zero-order valence-corrected chi connectivity index (χ0v) is 10.5. The monoisotopic (exact) mass is 265 g/mol. The second-order valence-corrected chi connectivity index (χ2v) is 4.01. The molecule has 94 valence electrons. The first-order valence-corrected chi connectivity index (χ1v) is 5.78. The number of benzene rings is 1. The SMILES string of the molecule is CCOC(=O)c1[nH]c(-c2ccc(Cl)cc2)nc1N. The minimum absolute atomic E-state index is 0.124. The van der Waals surface area contributed by atoms with E-state index in [4.69, 9.17) is 22.1 Å². The Hall–Kier alpha value is -2.01. The largest absolute Gasteiger partial charge is 0.461 e. The van der Waals surface area contributed by atoms with Crippen LogP contribution >= 0.6 is 11.6 Å². The minimum atomic E-state index is -0.511. The van der Waals surface area contributed by atoms with E-state index in [2.05, 4.69) is 9.97 Å². The Morgan fingerprint density at radius 3 is 2.72 bits per heavy atom. The van der Waals surface area contributed by atoms with Gasteiger partial charge in [0.25, 0.3) is 0 Å². The highest BCUT2D eigenvalue weighted by Crippen LogP contribution is 2.21. The lowest BCUT2D eigenvalue weighted by Gasteiger charge is -1.98. The smallest absolute Gasteiger partial charge is 0.358 e. The van der Waals surface area contributed by atoms with Crippen LogP contribution in [-0.2, 0) is 4.74 Å². The van der Waals surface area contributed by atoms with E-state index in [1.807, 2.05) is 0 Å². The van der Waals surface area contributed by atoms with E-state index in [0.29, 0.717) is 10.8 Å². The Balaban J connectivity index is 2.34. The van der Waals surface area contributed by atoms with Crippen molar-refractivity contribution in [3.05, 3.63) is 35.0 Å². The van der Waals surface area contributed by atoms with E-state index >= 15 is 0 Å². The van der Waals surface area contributed by atoms with Crippen LogP contribution in [0.1, 0.15) is 17.4 Å². The van der Waals surface area contributed by atoms with Gasteiger partial charge in [0.2, 0.25) is 0 Å². The number of imidazole rings is 1. The van der Waals surface area contributed by atoms with Crippen molar-refractivity contribution in [2.45, 2.75) is 6.92 Å². The van der Waals surface area contributed by atoms with Crippen LogP contribution < -0.4 is 5.73 Å². The highest BCUT2D eigenvalue weighted by Gasteiger charge is 2.16. The number of esters is 1. The molecule has 0 spiro atoms. The van der Waals surface area contributed by atoms with Gasteiger partial charge in [-0.05, 0) is 31.2 Å². The molecule has 3 N–H and O–H groups in total. The lowest BCUT2D eigenvalue weighted by molar-refractivity contribution is 0.0521. The third kappa shape index (κ3) is 2.46. The van der Waals surface area contributed by atoms with Crippen molar-refractivity contribution in [2.75, 3.05) is 12.3 Å². The number of nitrogen functional groups attached to an aromatic ring is 1. The fraction of sp³-hybridized carbons (Fsp3) is 0.167. The number of ether oxygens (including phenoxy) is 1. The maximum absolute atomic E-state index is 11.6. The molecule has 0 fully saturated rings. The number of aromatic nitrogens is 2. The third-order valence-electron chi connectivity index (χ3n) is 2.33. The van der Waals surface area contributed by atoms with Crippen LogP contribution in [0.4, 0.5) is 5.82 Å². The van der Waals surface area contributed by atoms with Gasteiger partial charge >= 0.3 is 5.97 Å². The van der Waals surface area contributed by atoms with Gasteiger partial charge in [-0.1, -0.05) is 11.6 Å². The average molecular weight is 266 g/mol. The summed E-state index contributed by atoms with van der Waals surface area (Å²) in [4.78, 5) is 18.5. The van der Waals surface area contributed by atoms with Gasteiger partial charge in [0, 0.05) is 10.6 Å². The molecular weight excluding hydrogens is 254 g/mol. The van der Waals surface area contributed by atoms with Crippen LogP contribution in [-0.4, -0.2) is 22.5 Å². The van der Waals surface area contributed by atoms with Crippen molar-refractivity contribution in [2.24, 2.45) is 0 Å². The molecular formula is C12H12ClN3O2. The van der Waals surface area contributed by atoms with E-state index in [9.17, 15) is 4.79 Å². The fourth-order valence-electron chi connectivity index (χ4n) is 1.49. The summed E-state index contributed by atoms with van der Waals surface area (Å²) in [5.41, 5.74) is 6.63. The summed E-state index contributed by atoms with van der Waals surface area (Å²) in [5.74, 6) is 0.119. The Bertz CT molecular complexity index is 563. The molecule has 1 aromatic carbocycles. The van der Waals surface area contributed by atoms with E-state index in [1.165, 1.54) is 0 Å². The first-order valence-electron chi connectivity index (χ1n) is 5.40. The van der Waals surface area contributed by atoms with Crippen LogP contribution in [0.15, 0.2) is 24.3 Å². The lowest BCUT2D eigenvalue weighted by atomic mass is 10.2. The third-order valence-corrected chi connectivity index (χ3v) is 2.58. The van der Waals surface area contributed by atoms with Gasteiger partial charge in [0.15, 0.2) is 11.5 Å². The molecule has 6 heteroatoms. The van der Waals surface area contributed by atoms with E-state index in [1.54, 1.807) is 31.2 Å². The summed E-state index contributed by atoms with van der Waals surface area (Å²) in [6.45, 7) is 2.01. The summed E-state index contributed by atoms with van der Waals surface area (Å²) < 4.78 is 4.87. The molecule has 18 heavy (non-hydrogen) atoms. The van der Waals surface area contributed by atoms with Crippen molar-refractivity contribution in [1.82, 2.24) is 9.97 Å². The highest BCUT2D eigenvalue weighted by molar-refractivity contribution is 6.30. The second-order valence-electron chi connectivity index (χ2n) is 3.57. The Kier molecular flexibility index (Phi) is 3.53. The number of H-pyrrole nitrogens is 1. The van der Waals surface area contributed by atoms with Crippen molar-refractivity contribution < 1.29 is 9.53 Å². The number of carbonyl (C=O) groups is 1. The molecule has 0 radical (unpaired) electrons. The molecule has 0 saturated heterocycles. The maximum Gasteiger partial charge on any atom is 0.358 e. The molecule has 0 aliphatic heterocycles. The van der Waals surface area contributed by atoms with E-state index in [0.717, 1.165) is 5.56 Å². The predicted molar refractivity (Wildman–Crippen MR) is 69.4 cm³/mol. The normalized spacial score (nSPS) is 10.3. The number of nitrogens with one attached hydrogen (secondary N) is 1. The van der Waals surface area contributed by atoms with Crippen LogP contribution in [0.2, 0.25) is 5.02 Å². The first-order chi connectivity index (χ1) is 8.61. The number of aromatic amines is 1. The Morgan fingerprint density at radius 2 is 2.11 bits per heavy atom. The standard InChI is InChI=1S/C12H12ClN3O2/c1-2-18-12(17)9-10(14)16-11(15-9)7-3-5-8(13)6-4-7/h3-6H,2,14H2,1H3,(H,15,16). The van der Waals surface area contributed by atoms with Gasteiger partial charge in [-0.25, -0.2) is 9.78 Å². The Morgan fingerprint density at radius 1 is 1.44 bits per heavy atom. The molecule has 1 heterocycles. The molecule has 0 aliphatic carbocycles. The maximum atomic E-state index is 11.6. The van der Waals surface area contributed by atoms with Crippen molar-refractivity contribution in [1.29, 1.82) is 0 Å². The Labute approximate surface area is 109 Å². The molecule has 5 nitrogen and oxygen atoms in total. The zero-order valence-electron chi connectivity index (χ0n) is 9.74. The van der Waals surface area contributed by atoms with Crippen LogP contribution in [0, 0.1) is 0 Å². The molecule has 0 unspecified atom stereocenters. The van der Waals surface area contributed by atoms with Gasteiger partial charge in [-0.2, -0.15) is 0 Å². The summed E-state index contributed by atoms with van der Waals surface area (Å²) in [7, 11) is 0. The van der Waals surface area contributed by atoms with Gasteiger partial charge in [0.1, 0.15) is 5.82 Å². The number of carbonyl (C=O) groups excluding carboxylic acids is 1. The summed E-state index contributed by atoms with van der Waals surface area (Å²) in [5, 5.41) is 0.629. The van der Waals surface area contributed by atoms with E-state index in [-0.39, 0.29) is 18.1 Å². The predicted octanol–water partition coefficient (Wildman–Crippen LogP) is 2.49. The van der Waals surface area contributed by atoms with E-state index < -0.39 is 5.97 Å². The number of nitrogens with zero attached hydrogens (tertiary/aromatic N) is 1. The quantitative estimate of drug-likeness (QED) is 0.836. The van der Waals surface area contributed by atoms with Gasteiger partial charge in [0.05, 0.1) is 6.61 Å². The van der Waals surface area contributed by atoms with Crippen molar-refractivity contribution in [3.8, 4) is 11.4 Å².